The summed E-state index contributed by atoms with van der Waals surface area (Å²) in [6.45, 7) is 3.43. The number of nitrogens with two attached hydrogens (primary N) is 1. The fraction of sp³-hybridized carbons (Fsp3) is 0.231. The summed E-state index contributed by atoms with van der Waals surface area (Å²) in [4.78, 5) is 25.8. The number of pyridine rings is 1. The number of nitrogens with zero attached hydrogens (tertiary/aromatic N) is 2. The standard InChI is InChI=1S/C13H14N4O3/c1-7-5-12(16-8(2)13(14)18)10-6-9(17(19)20)3-4-11(10)15-7/h3-6,8H,1-2H3,(H2,14,18)(H,15,16). The van der Waals surface area contributed by atoms with Crippen LogP contribution in [-0.4, -0.2) is 21.9 Å². The second-order valence-electron chi connectivity index (χ2n) is 4.54. The predicted molar refractivity (Wildman–Crippen MR) is 75.4 cm³/mol. The molecule has 1 heterocycles. The van der Waals surface area contributed by atoms with Gasteiger partial charge in [-0.3, -0.25) is 19.9 Å². The summed E-state index contributed by atoms with van der Waals surface area (Å²) in [5, 5.41) is 14.4. The highest BCUT2D eigenvalue weighted by atomic mass is 16.6. The highest BCUT2D eigenvalue weighted by molar-refractivity contribution is 5.95. The zero-order chi connectivity index (χ0) is 14.9. The van der Waals surface area contributed by atoms with Crippen LogP contribution in [0.1, 0.15) is 12.6 Å². The first kappa shape index (κ1) is 13.7. The Morgan fingerprint density at radius 1 is 1.45 bits per heavy atom. The maximum atomic E-state index is 11.1. The van der Waals surface area contributed by atoms with Crippen LogP contribution >= 0.6 is 0 Å². The molecule has 0 aliphatic rings. The van der Waals surface area contributed by atoms with Crippen molar-refractivity contribution in [1.29, 1.82) is 0 Å². The third kappa shape index (κ3) is 2.66. The Hall–Kier alpha value is -2.70. The normalized spacial score (nSPS) is 12.1. The molecule has 0 radical (unpaired) electrons. The number of carbonyl (C=O) groups is 1. The Morgan fingerprint density at radius 3 is 2.75 bits per heavy atom. The van der Waals surface area contributed by atoms with Crippen LogP contribution in [0.2, 0.25) is 0 Å². The lowest BCUT2D eigenvalue weighted by molar-refractivity contribution is -0.384. The molecule has 1 unspecified atom stereocenters. The number of aromatic nitrogens is 1. The molecule has 104 valence electrons. The molecule has 1 amide bonds. The number of anilines is 1. The van der Waals surface area contributed by atoms with Crippen LogP contribution < -0.4 is 11.1 Å². The van der Waals surface area contributed by atoms with E-state index in [2.05, 4.69) is 10.3 Å². The van der Waals surface area contributed by atoms with Gasteiger partial charge in [-0.25, -0.2) is 0 Å². The van der Waals surface area contributed by atoms with Gasteiger partial charge in [0.25, 0.3) is 5.69 Å². The van der Waals surface area contributed by atoms with E-state index in [1.54, 1.807) is 26.0 Å². The number of hydrogen-bond donors (Lipinski definition) is 2. The van der Waals surface area contributed by atoms with Crippen molar-refractivity contribution < 1.29 is 9.72 Å². The fourth-order valence-electron chi connectivity index (χ4n) is 1.88. The minimum absolute atomic E-state index is 0.0297. The van der Waals surface area contributed by atoms with Crippen molar-refractivity contribution in [3.63, 3.8) is 0 Å². The molecule has 0 aliphatic carbocycles. The zero-order valence-corrected chi connectivity index (χ0v) is 11.1. The first-order chi connectivity index (χ1) is 9.38. The minimum atomic E-state index is -0.584. The van der Waals surface area contributed by atoms with Gasteiger partial charge in [0.1, 0.15) is 6.04 Å². The van der Waals surface area contributed by atoms with Gasteiger partial charge >= 0.3 is 0 Å². The van der Waals surface area contributed by atoms with Crippen LogP contribution in [0.4, 0.5) is 11.4 Å². The van der Waals surface area contributed by atoms with Gasteiger partial charge in [-0.2, -0.15) is 0 Å². The van der Waals surface area contributed by atoms with Gasteiger partial charge in [0.05, 0.1) is 10.4 Å². The summed E-state index contributed by atoms with van der Waals surface area (Å²) in [5.41, 5.74) is 7.15. The van der Waals surface area contributed by atoms with Gasteiger partial charge in [-0.05, 0) is 26.0 Å². The summed E-state index contributed by atoms with van der Waals surface area (Å²) in [6.07, 6.45) is 0. The molecule has 0 aliphatic heterocycles. The Bertz CT molecular complexity index is 699. The van der Waals surface area contributed by atoms with Gasteiger partial charge in [-0.15, -0.1) is 0 Å². The number of aryl methyl sites for hydroxylation is 1. The van der Waals surface area contributed by atoms with Gasteiger partial charge in [0.2, 0.25) is 5.91 Å². The lowest BCUT2D eigenvalue weighted by atomic mass is 10.1. The number of hydrogen-bond acceptors (Lipinski definition) is 5. The van der Waals surface area contributed by atoms with Crippen molar-refractivity contribution in [2.75, 3.05) is 5.32 Å². The first-order valence-electron chi connectivity index (χ1n) is 6.00. The predicted octanol–water partition coefficient (Wildman–Crippen LogP) is 1.74. The quantitative estimate of drug-likeness (QED) is 0.651. The maximum Gasteiger partial charge on any atom is 0.270 e. The highest BCUT2D eigenvalue weighted by Crippen LogP contribution is 2.27. The molecule has 1 aromatic carbocycles. The number of carbonyl (C=O) groups excluding carboxylic acids is 1. The van der Waals surface area contributed by atoms with Gasteiger partial charge < -0.3 is 11.1 Å². The molecule has 0 fully saturated rings. The lowest BCUT2D eigenvalue weighted by Crippen LogP contribution is -2.32. The van der Waals surface area contributed by atoms with E-state index in [1.807, 2.05) is 0 Å². The SMILES string of the molecule is Cc1cc(NC(C)C(N)=O)c2cc([N+](=O)[O-])ccc2n1. The van der Waals surface area contributed by atoms with E-state index in [1.165, 1.54) is 12.1 Å². The van der Waals surface area contributed by atoms with Crippen molar-refractivity contribution in [3.05, 3.63) is 40.1 Å². The van der Waals surface area contributed by atoms with Crippen molar-refractivity contribution in [2.24, 2.45) is 5.73 Å². The smallest absolute Gasteiger partial charge is 0.270 e. The number of non-ortho nitro benzene ring substituents is 1. The second kappa shape index (κ2) is 5.12. The molecule has 20 heavy (non-hydrogen) atoms. The summed E-state index contributed by atoms with van der Waals surface area (Å²) < 4.78 is 0. The molecule has 0 spiro atoms. The van der Waals surface area contributed by atoms with Crippen LogP contribution in [0, 0.1) is 17.0 Å². The average Bonchev–Trinajstić information content (AvgIpc) is 2.37. The molecule has 7 nitrogen and oxygen atoms in total. The van der Waals surface area contributed by atoms with Crippen molar-refractivity contribution in [1.82, 2.24) is 4.98 Å². The third-order valence-electron chi connectivity index (χ3n) is 2.93. The number of primary amides is 1. The van der Waals surface area contributed by atoms with E-state index in [9.17, 15) is 14.9 Å². The first-order valence-corrected chi connectivity index (χ1v) is 6.00. The van der Waals surface area contributed by atoms with Crippen LogP contribution in [0.3, 0.4) is 0 Å². The van der Waals surface area contributed by atoms with E-state index in [0.29, 0.717) is 16.6 Å². The molecule has 0 saturated carbocycles. The van der Waals surface area contributed by atoms with Crippen molar-refractivity contribution in [2.45, 2.75) is 19.9 Å². The molecular weight excluding hydrogens is 260 g/mol. The molecule has 3 N–H and O–H groups in total. The average molecular weight is 274 g/mol. The molecule has 2 rings (SSSR count). The Balaban J connectivity index is 2.58. The summed E-state index contributed by atoms with van der Waals surface area (Å²) in [5.74, 6) is -0.502. The molecular formula is C13H14N4O3. The number of nitro groups is 1. The number of nitro benzene ring substituents is 1. The summed E-state index contributed by atoms with van der Waals surface area (Å²) >= 11 is 0. The maximum absolute atomic E-state index is 11.1. The number of amides is 1. The topological polar surface area (TPSA) is 111 Å². The van der Waals surface area contributed by atoms with Crippen LogP contribution in [0.15, 0.2) is 24.3 Å². The van der Waals surface area contributed by atoms with Crippen molar-refractivity contribution in [3.8, 4) is 0 Å². The molecule has 7 heteroatoms. The molecule has 0 saturated heterocycles. The third-order valence-corrected chi connectivity index (χ3v) is 2.93. The van der Waals surface area contributed by atoms with Crippen LogP contribution in [0.5, 0.6) is 0 Å². The van der Waals surface area contributed by atoms with Gasteiger partial charge in [-0.1, -0.05) is 0 Å². The fourth-order valence-corrected chi connectivity index (χ4v) is 1.88. The summed E-state index contributed by atoms with van der Waals surface area (Å²) in [7, 11) is 0. The largest absolute Gasteiger partial charge is 0.373 e. The van der Waals surface area contributed by atoms with E-state index in [-0.39, 0.29) is 5.69 Å². The monoisotopic (exact) mass is 274 g/mol. The minimum Gasteiger partial charge on any atom is -0.373 e. The van der Waals surface area contributed by atoms with Crippen molar-refractivity contribution >= 4 is 28.2 Å². The zero-order valence-electron chi connectivity index (χ0n) is 11.1. The van der Waals surface area contributed by atoms with Crippen LogP contribution in [0.25, 0.3) is 10.9 Å². The van der Waals surface area contributed by atoms with Gasteiger partial charge in [0, 0.05) is 28.9 Å². The lowest BCUT2D eigenvalue weighted by Gasteiger charge is -2.14. The number of rotatable bonds is 4. The number of benzene rings is 1. The number of fused-ring (bicyclic) bond motifs is 1. The molecule has 1 aromatic heterocycles. The Labute approximate surface area is 114 Å². The Kier molecular flexibility index (Phi) is 3.51. The van der Waals surface area contributed by atoms with E-state index in [4.69, 9.17) is 5.73 Å². The molecule has 2 aromatic rings. The molecule has 1 atom stereocenters. The van der Waals surface area contributed by atoms with E-state index < -0.39 is 16.9 Å². The van der Waals surface area contributed by atoms with Crippen LogP contribution in [-0.2, 0) is 4.79 Å². The number of nitrogens with one attached hydrogen (secondary N) is 1. The summed E-state index contributed by atoms with van der Waals surface area (Å²) in [6, 6.07) is 5.55. The highest BCUT2D eigenvalue weighted by Gasteiger charge is 2.14. The second-order valence-corrected chi connectivity index (χ2v) is 4.54. The van der Waals surface area contributed by atoms with E-state index >= 15 is 0 Å². The van der Waals surface area contributed by atoms with E-state index in [0.717, 1.165) is 5.69 Å². The molecule has 0 bridgehead atoms. The Morgan fingerprint density at radius 2 is 2.15 bits per heavy atom. The van der Waals surface area contributed by atoms with Gasteiger partial charge in [0.15, 0.2) is 0 Å².